The highest BCUT2D eigenvalue weighted by molar-refractivity contribution is 7.86. The summed E-state index contributed by atoms with van der Waals surface area (Å²) >= 11 is 0. The zero-order valence-corrected chi connectivity index (χ0v) is 16.3. The number of morpholine rings is 1. The molecule has 0 radical (unpaired) electrons. The number of piperazine rings is 1. The lowest BCUT2D eigenvalue weighted by Crippen LogP contribution is -2.55. The molecule has 4 rings (SSSR count). The third kappa shape index (κ3) is 3.55. The van der Waals surface area contributed by atoms with Crippen molar-refractivity contribution in [3.8, 4) is 0 Å². The second-order valence-electron chi connectivity index (χ2n) is 6.81. The van der Waals surface area contributed by atoms with Crippen LogP contribution < -0.4 is 10.6 Å². The van der Waals surface area contributed by atoms with Crippen molar-refractivity contribution in [2.45, 2.75) is 0 Å². The lowest BCUT2D eigenvalue weighted by atomic mass is 10.1. The fourth-order valence-electron chi connectivity index (χ4n) is 3.62. The Kier molecular flexibility index (Phi) is 5.19. The summed E-state index contributed by atoms with van der Waals surface area (Å²) in [5.41, 5.74) is 6.66. The van der Waals surface area contributed by atoms with Crippen LogP contribution in [0.2, 0.25) is 0 Å². The smallest absolute Gasteiger partial charge is 0.282 e. The molecule has 0 aliphatic carbocycles. The van der Waals surface area contributed by atoms with Gasteiger partial charge in [-0.05, 0) is 12.1 Å². The van der Waals surface area contributed by atoms with Gasteiger partial charge in [0.05, 0.1) is 24.3 Å². The Morgan fingerprint density at radius 2 is 1.64 bits per heavy atom. The van der Waals surface area contributed by atoms with Crippen LogP contribution in [0.4, 0.5) is 5.82 Å². The predicted octanol–water partition coefficient (Wildman–Crippen LogP) is 0.0327. The molecule has 0 saturated carbocycles. The molecule has 28 heavy (non-hydrogen) atoms. The molecule has 0 spiro atoms. The molecule has 10 heteroatoms. The van der Waals surface area contributed by atoms with E-state index in [-0.39, 0.29) is 0 Å². The molecule has 3 heterocycles. The number of para-hydroxylation sites is 1. The van der Waals surface area contributed by atoms with Crippen LogP contribution in [0.1, 0.15) is 10.4 Å². The number of pyridine rings is 1. The molecular weight excluding hydrogens is 382 g/mol. The van der Waals surface area contributed by atoms with Gasteiger partial charge in [0.2, 0.25) is 5.91 Å². The topological polar surface area (TPSA) is 109 Å². The van der Waals surface area contributed by atoms with E-state index in [2.05, 4.69) is 4.98 Å². The van der Waals surface area contributed by atoms with Crippen molar-refractivity contribution < 1.29 is 17.9 Å². The number of primary amides is 1. The highest BCUT2D eigenvalue weighted by atomic mass is 32.2. The molecule has 0 bridgehead atoms. The minimum Gasteiger partial charge on any atom is -0.379 e. The average Bonchev–Trinajstić information content (AvgIpc) is 2.73. The fourth-order valence-corrected chi connectivity index (χ4v) is 5.18. The largest absolute Gasteiger partial charge is 0.379 e. The Labute approximate surface area is 163 Å². The van der Waals surface area contributed by atoms with Crippen LogP contribution in [-0.2, 0) is 14.9 Å². The third-order valence-corrected chi connectivity index (χ3v) is 7.19. The summed E-state index contributed by atoms with van der Waals surface area (Å²) in [6, 6.07) is 9.04. The first kappa shape index (κ1) is 19.1. The Balaban J connectivity index is 1.53. The van der Waals surface area contributed by atoms with Gasteiger partial charge in [-0.2, -0.15) is 17.0 Å². The predicted molar refractivity (Wildman–Crippen MR) is 105 cm³/mol. The van der Waals surface area contributed by atoms with Crippen LogP contribution >= 0.6 is 0 Å². The van der Waals surface area contributed by atoms with Crippen molar-refractivity contribution in [2.24, 2.45) is 5.73 Å². The van der Waals surface area contributed by atoms with Crippen LogP contribution in [0.3, 0.4) is 0 Å². The molecule has 1 aromatic carbocycles. The van der Waals surface area contributed by atoms with Gasteiger partial charge in [-0.15, -0.1) is 0 Å². The molecule has 9 nitrogen and oxygen atoms in total. The quantitative estimate of drug-likeness (QED) is 0.769. The van der Waals surface area contributed by atoms with E-state index >= 15 is 0 Å². The number of carbonyl (C=O) groups excluding carboxylic acids is 1. The molecule has 2 aromatic rings. The Bertz CT molecular complexity index is 983. The van der Waals surface area contributed by atoms with Crippen molar-refractivity contribution in [3.05, 3.63) is 35.9 Å². The lowest BCUT2D eigenvalue weighted by molar-refractivity contribution is 0.0700. The number of aromatic nitrogens is 1. The maximum atomic E-state index is 12.8. The van der Waals surface area contributed by atoms with E-state index in [4.69, 9.17) is 10.5 Å². The van der Waals surface area contributed by atoms with Crippen molar-refractivity contribution in [1.82, 2.24) is 13.6 Å². The van der Waals surface area contributed by atoms with E-state index in [1.165, 1.54) is 8.61 Å². The van der Waals surface area contributed by atoms with E-state index in [0.29, 0.717) is 74.8 Å². The molecular formula is C18H23N5O4S. The maximum Gasteiger partial charge on any atom is 0.282 e. The van der Waals surface area contributed by atoms with E-state index in [9.17, 15) is 13.2 Å². The second-order valence-corrected chi connectivity index (χ2v) is 8.74. The first-order valence-corrected chi connectivity index (χ1v) is 10.6. The molecule has 2 fully saturated rings. The van der Waals surface area contributed by atoms with Gasteiger partial charge in [0.1, 0.15) is 5.82 Å². The van der Waals surface area contributed by atoms with Gasteiger partial charge in [-0.25, -0.2) is 4.98 Å². The number of benzene rings is 1. The summed E-state index contributed by atoms with van der Waals surface area (Å²) < 4.78 is 33.8. The van der Waals surface area contributed by atoms with Gasteiger partial charge in [0.15, 0.2) is 0 Å². The van der Waals surface area contributed by atoms with Gasteiger partial charge < -0.3 is 15.4 Å². The summed E-state index contributed by atoms with van der Waals surface area (Å²) in [6.07, 6.45) is 0. The molecule has 2 aliphatic rings. The summed E-state index contributed by atoms with van der Waals surface area (Å²) in [6.45, 7) is 3.33. The number of carbonyl (C=O) groups is 1. The number of hydrogen-bond donors (Lipinski definition) is 1. The summed E-state index contributed by atoms with van der Waals surface area (Å²) in [4.78, 5) is 18.5. The number of rotatable bonds is 4. The van der Waals surface area contributed by atoms with Gasteiger partial charge in [-0.3, -0.25) is 4.79 Å². The molecule has 0 unspecified atom stereocenters. The normalized spacial score (nSPS) is 19.8. The number of anilines is 1. The molecule has 2 aliphatic heterocycles. The minimum absolute atomic E-state index is 0.361. The number of amides is 1. The fraction of sp³-hybridized carbons (Fsp3) is 0.444. The highest BCUT2D eigenvalue weighted by Gasteiger charge is 2.33. The second kappa shape index (κ2) is 7.63. The molecule has 2 saturated heterocycles. The Hall–Kier alpha value is -2.27. The lowest BCUT2D eigenvalue weighted by Gasteiger charge is -2.38. The number of nitrogens with two attached hydrogens (primary N) is 1. The first-order chi connectivity index (χ1) is 13.5. The van der Waals surface area contributed by atoms with Crippen LogP contribution in [0.5, 0.6) is 0 Å². The Morgan fingerprint density at radius 3 is 2.32 bits per heavy atom. The zero-order valence-electron chi connectivity index (χ0n) is 15.5. The van der Waals surface area contributed by atoms with Gasteiger partial charge >= 0.3 is 0 Å². The number of fused-ring (bicyclic) bond motifs is 1. The van der Waals surface area contributed by atoms with Gasteiger partial charge in [-0.1, -0.05) is 18.2 Å². The van der Waals surface area contributed by atoms with Crippen molar-refractivity contribution >= 4 is 32.8 Å². The van der Waals surface area contributed by atoms with Crippen LogP contribution in [-0.4, -0.2) is 80.4 Å². The van der Waals surface area contributed by atoms with Crippen molar-refractivity contribution in [2.75, 3.05) is 57.4 Å². The molecule has 2 N–H and O–H groups in total. The van der Waals surface area contributed by atoms with E-state index in [0.717, 1.165) is 0 Å². The van der Waals surface area contributed by atoms with Gasteiger partial charge in [0.25, 0.3) is 10.2 Å². The minimum atomic E-state index is -3.48. The summed E-state index contributed by atoms with van der Waals surface area (Å²) in [5, 5.41) is 0.715. The number of hydrogen-bond acceptors (Lipinski definition) is 6. The monoisotopic (exact) mass is 405 g/mol. The van der Waals surface area contributed by atoms with Crippen molar-refractivity contribution in [3.63, 3.8) is 0 Å². The Morgan fingerprint density at radius 1 is 1.00 bits per heavy atom. The van der Waals surface area contributed by atoms with Crippen molar-refractivity contribution in [1.29, 1.82) is 0 Å². The average molecular weight is 405 g/mol. The van der Waals surface area contributed by atoms with Crippen LogP contribution in [0.15, 0.2) is 30.3 Å². The zero-order chi connectivity index (χ0) is 19.7. The van der Waals surface area contributed by atoms with E-state index < -0.39 is 16.1 Å². The molecule has 1 aromatic heterocycles. The van der Waals surface area contributed by atoms with Crippen LogP contribution in [0, 0.1) is 0 Å². The summed E-state index contributed by atoms with van der Waals surface area (Å²) in [5.74, 6) is 0.129. The number of ether oxygens (including phenoxy) is 1. The van der Waals surface area contributed by atoms with Crippen LogP contribution in [0.25, 0.3) is 10.9 Å². The molecule has 1 amide bonds. The first-order valence-electron chi connectivity index (χ1n) is 9.24. The van der Waals surface area contributed by atoms with E-state index in [1.54, 1.807) is 6.07 Å². The molecule has 150 valence electrons. The standard InChI is InChI=1S/C18H23N5O4S/c19-18(24)15-13-17(20-16-4-2-1-3-14(15)16)21-5-7-22(8-6-21)28(25,26)23-9-11-27-12-10-23/h1-4,13H,5-12H2,(H2,19,24). The maximum absolute atomic E-state index is 12.8. The third-order valence-electron chi connectivity index (χ3n) is 5.15. The van der Waals surface area contributed by atoms with Gasteiger partial charge in [0, 0.05) is 44.7 Å². The van der Waals surface area contributed by atoms with E-state index in [1.807, 2.05) is 29.2 Å². The molecule has 0 atom stereocenters. The summed E-state index contributed by atoms with van der Waals surface area (Å²) in [7, 11) is -3.48. The number of nitrogens with zero attached hydrogens (tertiary/aromatic N) is 4. The SMILES string of the molecule is NC(=O)c1cc(N2CCN(S(=O)(=O)N3CCOCC3)CC2)nc2ccccc12. The highest BCUT2D eigenvalue weighted by Crippen LogP contribution is 2.24.